The van der Waals surface area contributed by atoms with Crippen LogP contribution < -0.4 is 5.32 Å². The van der Waals surface area contributed by atoms with E-state index >= 15 is 0 Å². The number of nitrogens with one attached hydrogen (secondary N) is 1. The quantitative estimate of drug-likeness (QED) is 0.678. The predicted octanol–water partition coefficient (Wildman–Crippen LogP) is 0.736. The molecule has 0 radical (unpaired) electrons. The van der Waals surface area contributed by atoms with Crippen LogP contribution in [-0.2, 0) is 0 Å². The van der Waals surface area contributed by atoms with Gasteiger partial charge in [-0.2, -0.15) is 4.98 Å². The van der Waals surface area contributed by atoms with Crippen molar-refractivity contribution in [2.45, 2.75) is 6.42 Å². The van der Waals surface area contributed by atoms with Crippen molar-refractivity contribution >= 4 is 12.0 Å². The molecule has 0 aliphatic rings. The maximum atomic E-state index is 10.5. The van der Waals surface area contributed by atoms with Crippen LogP contribution in [0.5, 0.6) is 0 Å². The Bertz CT molecular complexity index is 322. The Labute approximate surface area is 87.9 Å². The van der Waals surface area contributed by atoms with Crippen molar-refractivity contribution in [1.82, 2.24) is 9.88 Å². The standard InChI is InChI=1S/C9H15N3O3/c1-12(2)5-3-4-10-9-11-7(6-15-9)8(13)14/h6H,3-5H2,1-2H3,(H,10,11)(H,13,14). The molecule has 2 N–H and O–H groups in total. The zero-order valence-corrected chi connectivity index (χ0v) is 8.86. The molecule has 6 nitrogen and oxygen atoms in total. The molecule has 0 saturated heterocycles. The number of hydrogen-bond acceptors (Lipinski definition) is 5. The summed E-state index contributed by atoms with van der Waals surface area (Å²) in [7, 11) is 3.99. The van der Waals surface area contributed by atoms with Crippen LogP contribution in [0.25, 0.3) is 0 Å². The normalized spacial score (nSPS) is 10.6. The Kier molecular flexibility index (Phi) is 4.11. The van der Waals surface area contributed by atoms with E-state index in [9.17, 15) is 4.79 Å². The number of oxazole rings is 1. The highest BCUT2D eigenvalue weighted by Gasteiger charge is 2.09. The van der Waals surface area contributed by atoms with Gasteiger partial charge in [-0.25, -0.2) is 4.79 Å². The van der Waals surface area contributed by atoms with Gasteiger partial charge in [0, 0.05) is 6.54 Å². The first-order valence-electron chi connectivity index (χ1n) is 4.67. The van der Waals surface area contributed by atoms with E-state index < -0.39 is 5.97 Å². The number of anilines is 1. The van der Waals surface area contributed by atoms with Gasteiger partial charge in [-0.1, -0.05) is 0 Å². The fourth-order valence-corrected chi connectivity index (χ4v) is 1.04. The number of carboxylic acids is 1. The molecule has 1 heterocycles. The summed E-state index contributed by atoms with van der Waals surface area (Å²) >= 11 is 0. The third-order valence-electron chi connectivity index (χ3n) is 1.78. The van der Waals surface area contributed by atoms with E-state index in [1.807, 2.05) is 14.1 Å². The fourth-order valence-electron chi connectivity index (χ4n) is 1.04. The Hall–Kier alpha value is -1.56. The first-order chi connectivity index (χ1) is 7.09. The Morgan fingerprint density at radius 2 is 2.40 bits per heavy atom. The van der Waals surface area contributed by atoms with E-state index in [2.05, 4.69) is 15.2 Å². The van der Waals surface area contributed by atoms with Crippen LogP contribution >= 0.6 is 0 Å². The Balaban J connectivity index is 2.29. The first kappa shape index (κ1) is 11.5. The molecule has 6 heteroatoms. The summed E-state index contributed by atoms with van der Waals surface area (Å²) in [6, 6.07) is 0.256. The van der Waals surface area contributed by atoms with Crippen LogP contribution in [0.3, 0.4) is 0 Å². The highest BCUT2D eigenvalue weighted by Crippen LogP contribution is 2.06. The van der Waals surface area contributed by atoms with Gasteiger partial charge >= 0.3 is 5.97 Å². The number of nitrogens with zero attached hydrogens (tertiary/aromatic N) is 2. The third-order valence-corrected chi connectivity index (χ3v) is 1.78. The van der Waals surface area contributed by atoms with Crippen molar-refractivity contribution in [3.05, 3.63) is 12.0 Å². The zero-order chi connectivity index (χ0) is 11.3. The van der Waals surface area contributed by atoms with Gasteiger partial charge in [0.25, 0.3) is 6.01 Å². The summed E-state index contributed by atoms with van der Waals surface area (Å²) < 4.78 is 4.92. The van der Waals surface area contributed by atoms with Gasteiger partial charge in [-0.05, 0) is 27.1 Å². The van der Waals surface area contributed by atoms with Crippen LogP contribution in [0.1, 0.15) is 16.9 Å². The maximum absolute atomic E-state index is 10.5. The Morgan fingerprint density at radius 3 is 2.93 bits per heavy atom. The zero-order valence-electron chi connectivity index (χ0n) is 8.86. The molecule has 0 spiro atoms. The minimum Gasteiger partial charge on any atom is -0.476 e. The first-order valence-corrected chi connectivity index (χ1v) is 4.67. The van der Waals surface area contributed by atoms with E-state index in [0.29, 0.717) is 6.54 Å². The lowest BCUT2D eigenvalue weighted by atomic mass is 10.4. The van der Waals surface area contributed by atoms with E-state index in [0.717, 1.165) is 19.2 Å². The second kappa shape index (κ2) is 5.35. The molecule has 0 aliphatic heterocycles. The SMILES string of the molecule is CN(C)CCCNc1nc(C(=O)O)co1. The lowest BCUT2D eigenvalue weighted by Gasteiger charge is -2.08. The summed E-state index contributed by atoms with van der Waals surface area (Å²) in [6.07, 6.45) is 2.06. The highest BCUT2D eigenvalue weighted by atomic mass is 16.4. The van der Waals surface area contributed by atoms with Gasteiger partial charge in [0.15, 0.2) is 5.69 Å². The minimum absolute atomic E-state index is 0.0786. The molecule has 84 valence electrons. The average Bonchev–Trinajstić information content (AvgIpc) is 2.60. The van der Waals surface area contributed by atoms with E-state index in [-0.39, 0.29) is 11.7 Å². The molecule has 0 aromatic carbocycles. The summed E-state index contributed by atoms with van der Waals surface area (Å²) in [6.45, 7) is 1.66. The number of carbonyl (C=O) groups is 1. The van der Waals surface area contributed by atoms with E-state index in [1.165, 1.54) is 0 Å². The molecular formula is C9H15N3O3. The van der Waals surface area contributed by atoms with Gasteiger partial charge in [0.2, 0.25) is 0 Å². The predicted molar refractivity (Wildman–Crippen MR) is 55.1 cm³/mol. The lowest BCUT2D eigenvalue weighted by Crippen LogP contribution is -2.16. The average molecular weight is 213 g/mol. The van der Waals surface area contributed by atoms with Crippen molar-refractivity contribution in [2.24, 2.45) is 0 Å². The van der Waals surface area contributed by atoms with Crippen LogP contribution in [0, 0.1) is 0 Å². The van der Waals surface area contributed by atoms with Gasteiger partial charge < -0.3 is 19.7 Å². The van der Waals surface area contributed by atoms with Gasteiger partial charge in [-0.15, -0.1) is 0 Å². The minimum atomic E-state index is -1.08. The molecule has 15 heavy (non-hydrogen) atoms. The van der Waals surface area contributed by atoms with Crippen LogP contribution in [-0.4, -0.2) is 48.1 Å². The summed E-state index contributed by atoms with van der Waals surface area (Å²) in [4.78, 5) is 16.3. The molecule has 0 atom stereocenters. The number of aromatic carboxylic acids is 1. The second-order valence-corrected chi connectivity index (χ2v) is 3.43. The summed E-state index contributed by atoms with van der Waals surface area (Å²) in [5, 5.41) is 11.5. The monoisotopic (exact) mass is 213 g/mol. The second-order valence-electron chi connectivity index (χ2n) is 3.43. The molecule has 0 amide bonds. The number of rotatable bonds is 6. The Morgan fingerprint density at radius 1 is 1.67 bits per heavy atom. The smallest absolute Gasteiger partial charge is 0.357 e. The molecule has 1 rings (SSSR count). The van der Waals surface area contributed by atoms with Crippen molar-refractivity contribution in [3.63, 3.8) is 0 Å². The van der Waals surface area contributed by atoms with Gasteiger partial charge in [0.05, 0.1) is 0 Å². The van der Waals surface area contributed by atoms with Crippen molar-refractivity contribution in [2.75, 3.05) is 32.5 Å². The van der Waals surface area contributed by atoms with E-state index in [1.54, 1.807) is 0 Å². The molecule has 0 unspecified atom stereocenters. The topological polar surface area (TPSA) is 78.6 Å². The van der Waals surface area contributed by atoms with Gasteiger partial charge in [0.1, 0.15) is 6.26 Å². The van der Waals surface area contributed by atoms with E-state index in [4.69, 9.17) is 9.52 Å². The van der Waals surface area contributed by atoms with Gasteiger partial charge in [-0.3, -0.25) is 0 Å². The molecule has 1 aromatic rings. The number of aromatic nitrogens is 1. The molecule has 0 saturated carbocycles. The number of hydrogen-bond donors (Lipinski definition) is 2. The molecule has 0 bridgehead atoms. The lowest BCUT2D eigenvalue weighted by molar-refractivity contribution is 0.0690. The molecular weight excluding hydrogens is 198 g/mol. The largest absolute Gasteiger partial charge is 0.476 e. The van der Waals surface area contributed by atoms with Crippen molar-refractivity contribution in [3.8, 4) is 0 Å². The van der Waals surface area contributed by atoms with Crippen LogP contribution in [0.15, 0.2) is 10.7 Å². The molecule has 1 aromatic heterocycles. The fraction of sp³-hybridized carbons (Fsp3) is 0.556. The van der Waals surface area contributed by atoms with Crippen LogP contribution in [0.2, 0.25) is 0 Å². The van der Waals surface area contributed by atoms with Crippen LogP contribution in [0.4, 0.5) is 6.01 Å². The molecule has 0 aliphatic carbocycles. The molecule has 0 fully saturated rings. The third kappa shape index (κ3) is 3.99. The van der Waals surface area contributed by atoms with Crippen molar-refractivity contribution < 1.29 is 14.3 Å². The maximum Gasteiger partial charge on any atom is 0.357 e. The number of carboxylic acid groups (broad SMARTS) is 1. The highest BCUT2D eigenvalue weighted by molar-refractivity contribution is 5.85. The summed E-state index contributed by atoms with van der Waals surface area (Å²) in [5.41, 5.74) is -0.0786. The summed E-state index contributed by atoms with van der Waals surface area (Å²) in [5.74, 6) is -1.08. The van der Waals surface area contributed by atoms with Crippen molar-refractivity contribution in [1.29, 1.82) is 0 Å².